The molecule has 0 aliphatic heterocycles. The van der Waals surface area contributed by atoms with E-state index in [9.17, 15) is 8.78 Å². The SMILES string of the molecule is CCCc1nc(N)c(C)c(OCC(F)F)n1. The average Bonchev–Trinajstić information content (AvgIpc) is 2.21. The average molecular weight is 231 g/mol. The Labute approximate surface area is 92.8 Å². The fourth-order valence-corrected chi connectivity index (χ4v) is 1.18. The molecule has 90 valence electrons. The Balaban J connectivity index is 2.88. The lowest BCUT2D eigenvalue weighted by Gasteiger charge is -2.10. The summed E-state index contributed by atoms with van der Waals surface area (Å²) < 4.78 is 28.9. The van der Waals surface area contributed by atoms with Crippen molar-refractivity contribution in [3.05, 3.63) is 11.4 Å². The van der Waals surface area contributed by atoms with Crippen LogP contribution in [0, 0.1) is 6.92 Å². The largest absolute Gasteiger partial charge is 0.471 e. The molecule has 0 amide bonds. The van der Waals surface area contributed by atoms with E-state index in [2.05, 4.69) is 9.97 Å². The van der Waals surface area contributed by atoms with E-state index in [0.717, 1.165) is 6.42 Å². The predicted octanol–water partition coefficient (Wildman–Crippen LogP) is 1.96. The minimum atomic E-state index is -2.52. The molecule has 1 rings (SSSR count). The van der Waals surface area contributed by atoms with Crippen molar-refractivity contribution in [3.8, 4) is 5.88 Å². The smallest absolute Gasteiger partial charge is 0.272 e. The molecule has 0 aromatic carbocycles. The number of halogens is 2. The van der Waals surface area contributed by atoms with Gasteiger partial charge in [-0.3, -0.25) is 0 Å². The number of aromatic nitrogens is 2. The summed E-state index contributed by atoms with van der Waals surface area (Å²) in [5.41, 5.74) is 6.14. The Bertz CT molecular complexity index is 358. The molecule has 0 fully saturated rings. The van der Waals surface area contributed by atoms with Gasteiger partial charge in [-0.05, 0) is 13.3 Å². The van der Waals surface area contributed by atoms with Crippen LogP contribution in [0.5, 0.6) is 5.88 Å². The Morgan fingerprint density at radius 1 is 1.38 bits per heavy atom. The third-order valence-corrected chi connectivity index (χ3v) is 2.00. The molecule has 0 aliphatic carbocycles. The molecule has 0 bridgehead atoms. The van der Waals surface area contributed by atoms with E-state index in [1.54, 1.807) is 6.92 Å². The van der Waals surface area contributed by atoms with Gasteiger partial charge in [-0.25, -0.2) is 13.8 Å². The minimum Gasteiger partial charge on any atom is -0.471 e. The summed E-state index contributed by atoms with van der Waals surface area (Å²) in [6.45, 7) is 2.94. The molecule has 0 aliphatic rings. The molecular formula is C10H15F2N3O. The lowest BCUT2D eigenvalue weighted by molar-refractivity contribution is 0.0790. The number of nitrogen functional groups attached to an aromatic ring is 1. The minimum absolute atomic E-state index is 0.149. The van der Waals surface area contributed by atoms with Gasteiger partial charge in [0.25, 0.3) is 6.43 Å². The van der Waals surface area contributed by atoms with Gasteiger partial charge in [0.05, 0.1) is 5.56 Å². The highest BCUT2D eigenvalue weighted by molar-refractivity contribution is 5.44. The van der Waals surface area contributed by atoms with Gasteiger partial charge in [-0.1, -0.05) is 6.92 Å². The Kier molecular flexibility index (Phi) is 4.39. The standard InChI is InChI=1S/C10H15F2N3O/c1-3-4-8-14-9(13)6(2)10(15-8)16-5-7(11)12/h7H,3-5H2,1-2H3,(H2,13,14,15). The van der Waals surface area contributed by atoms with Crippen molar-refractivity contribution in [2.24, 2.45) is 0 Å². The summed E-state index contributed by atoms with van der Waals surface area (Å²) in [5.74, 6) is 0.953. The molecule has 0 unspecified atom stereocenters. The van der Waals surface area contributed by atoms with Gasteiger partial charge in [-0.15, -0.1) is 0 Å². The number of nitrogens with two attached hydrogens (primary N) is 1. The first-order chi connectivity index (χ1) is 7.54. The lowest BCUT2D eigenvalue weighted by Crippen LogP contribution is -2.12. The number of hydrogen-bond donors (Lipinski definition) is 1. The topological polar surface area (TPSA) is 61.0 Å². The number of anilines is 1. The van der Waals surface area contributed by atoms with Gasteiger partial charge in [0.1, 0.15) is 11.6 Å². The van der Waals surface area contributed by atoms with Crippen molar-refractivity contribution >= 4 is 5.82 Å². The van der Waals surface area contributed by atoms with Crippen molar-refractivity contribution in [2.45, 2.75) is 33.1 Å². The molecule has 0 saturated carbocycles. The fraction of sp³-hybridized carbons (Fsp3) is 0.600. The van der Waals surface area contributed by atoms with Crippen LogP contribution in [0.4, 0.5) is 14.6 Å². The molecule has 1 aromatic rings. The second-order valence-corrected chi connectivity index (χ2v) is 3.41. The number of alkyl halides is 2. The van der Waals surface area contributed by atoms with Gasteiger partial charge in [0.15, 0.2) is 6.61 Å². The molecule has 1 aromatic heterocycles. The molecule has 0 saturated heterocycles. The van der Waals surface area contributed by atoms with Gasteiger partial charge in [0.2, 0.25) is 5.88 Å². The Morgan fingerprint density at radius 2 is 2.06 bits per heavy atom. The van der Waals surface area contributed by atoms with E-state index in [1.165, 1.54) is 0 Å². The van der Waals surface area contributed by atoms with Crippen LogP contribution in [-0.4, -0.2) is 23.0 Å². The summed E-state index contributed by atoms with van der Waals surface area (Å²) in [7, 11) is 0. The van der Waals surface area contributed by atoms with E-state index in [1.807, 2.05) is 6.92 Å². The van der Waals surface area contributed by atoms with Crippen LogP contribution in [0.3, 0.4) is 0 Å². The second-order valence-electron chi connectivity index (χ2n) is 3.41. The highest BCUT2D eigenvalue weighted by Gasteiger charge is 2.11. The van der Waals surface area contributed by atoms with Crippen molar-refractivity contribution in [1.29, 1.82) is 0 Å². The zero-order valence-corrected chi connectivity index (χ0v) is 9.33. The molecular weight excluding hydrogens is 216 g/mol. The third kappa shape index (κ3) is 3.29. The molecule has 6 heteroatoms. The first-order valence-corrected chi connectivity index (χ1v) is 5.08. The number of ether oxygens (including phenoxy) is 1. The van der Waals surface area contributed by atoms with Crippen LogP contribution in [-0.2, 0) is 6.42 Å². The number of nitrogens with zero attached hydrogens (tertiary/aromatic N) is 2. The number of hydrogen-bond acceptors (Lipinski definition) is 4. The van der Waals surface area contributed by atoms with E-state index >= 15 is 0 Å². The summed E-state index contributed by atoms with van der Waals surface area (Å²) in [5, 5.41) is 0. The van der Waals surface area contributed by atoms with Crippen molar-refractivity contribution in [2.75, 3.05) is 12.3 Å². The highest BCUT2D eigenvalue weighted by Crippen LogP contribution is 2.20. The van der Waals surface area contributed by atoms with Crippen molar-refractivity contribution in [3.63, 3.8) is 0 Å². The summed E-state index contributed by atoms with van der Waals surface area (Å²) in [6.07, 6.45) is -1.02. The molecule has 16 heavy (non-hydrogen) atoms. The number of rotatable bonds is 5. The maximum Gasteiger partial charge on any atom is 0.272 e. The lowest BCUT2D eigenvalue weighted by atomic mass is 10.3. The monoisotopic (exact) mass is 231 g/mol. The van der Waals surface area contributed by atoms with Crippen molar-refractivity contribution in [1.82, 2.24) is 9.97 Å². The first kappa shape index (κ1) is 12.6. The maximum atomic E-state index is 12.0. The third-order valence-electron chi connectivity index (χ3n) is 2.00. The van der Waals surface area contributed by atoms with Crippen LogP contribution in [0.1, 0.15) is 24.7 Å². The summed E-state index contributed by atoms with van der Waals surface area (Å²) >= 11 is 0. The van der Waals surface area contributed by atoms with Gasteiger partial charge < -0.3 is 10.5 Å². The van der Waals surface area contributed by atoms with E-state index in [-0.39, 0.29) is 11.7 Å². The zero-order valence-electron chi connectivity index (χ0n) is 9.33. The normalized spacial score (nSPS) is 10.8. The Hall–Kier alpha value is -1.46. The molecule has 2 N–H and O–H groups in total. The summed E-state index contributed by atoms with van der Waals surface area (Å²) in [6, 6.07) is 0. The number of aryl methyl sites for hydroxylation is 1. The molecule has 0 spiro atoms. The van der Waals surface area contributed by atoms with E-state index in [0.29, 0.717) is 17.8 Å². The quantitative estimate of drug-likeness (QED) is 0.841. The summed E-state index contributed by atoms with van der Waals surface area (Å²) in [4.78, 5) is 8.10. The maximum absolute atomic E-state index is 12.0. The fourth-order valence-electron chi connectivity index (χ4n) is 1.18. The highest BCUT2D eigenvalue weighted by atomic mass is 19.3. The molecule has 0 radical (unpaired) electrons. The van der Waals surface area contributed by atoms with Crippen LogP contribution in [0.25, 0.3) is 0 Å². The van der Waals surface area contributed by atoms with Gasteiger partial charge in [0, 0.05) is 6.42 Å². The van der Waals surface area contributed by atoms with E-state index < -0.39 is 13.0 Å². The van der Waals surface area contributed by atoms with Gasteiger partial charge >= 0.3 is 0 Å². The van der Waals surface area contributed by atoms with Gasteiger partial charge in [-0.2, -0.15) is 4.98 Å². The van der Waals surface area contributed by atoms with Crippen molar-refractivity contribution < 1.29 is 13.5 Å². The van der Waals surface area contributed by atoms with Crippen LogP contribution < -0.4 is 10.5 Å². The molecule has 0 atom stereocenters. The predicted molar refractivity (Wildman–Crippen MR) is 56.7 cm³/mol. The van der Waals surface area contributed by atoms with Crippen LogP contribution in [0.15, 0.2) is 0 Å². The molecule has 1 heterocycles. The molecule has 4 nitrogen and oxygen atoms in total. The second kappa shape index (κ2) is 5.58. The van der Waals surface area contributed by atoms with Crippen LogP contribution >= 0.6 is 0 Å². The first-order valence-electron chi connectivity index (χ1n) is 5.08. The van der Waals surface area contributed by atoms with Crippen LogP contribution in [0.2, 0.25) is 0 Å². The zero-order chi connectivity index (χ0) is 12.1. The Morgan fingerprint density at radius 3 is 2.62 bits per heavy atom. The van der Waals surface area contributed by atoms with E-state index in [4.69, 9.17) is 10.5 Å².